The third-order valence-electron chi connectivity index (χ3n) is 3.45. The minimum atomic E-state index is -3.30. The third kappa shape index (κ3) is 2.39. The molecule has 5 nitrogen and oxygen atoms in total. The standard InChI is InChI=1S/C13H16N2O3S/c14-11-1-2-13-12(7-11)10(9-19(13,16)17)8-15-3-5-18-6-4-15/h1-2,7,9H,3-6,8,14H2. The zero-order valence-corrected chi connectivity index (χ0v) is 11.3. The molecular weight excluding hydrogens is 264 g/mol. The molecule has 0 atom stereocenters. The molecule has 2 aliphatic rings. The monoisotopic (exact) mass is 280 g/mol. The van der Waals surface area contributed by atoms with Crippen molar-refractivity contribution in [3.63, 3.8) is 0 Å². The SMILES string of the molecule is Nc1ccc2c(c1)C(CN1CCOCC1)=CS2(=O)=O. The normalized spacial score (nSPS) is 22.0. The number of anilines is 1. The number of benzene rings is 1. The van der Waals surface area contributed by atoms with Gasteiger partial charge in [0.05, 0.1) is 18.1 Å². The maximum absolute atomic E-state index is 12.1. The van der Waals surface area contributed by atoms with E-state index < -0.39 is 9.84 Å². The minimum absolute atomic E-state index is 0.366. The van der Waals surface area contributed by atoms with Crippen LogP contribution in [0.25, 0.3) is 5.57 Å². The Morgan fingerprint density at radius 1 is 1.26 bits per heavy atom. The van der Waals surface area contributed by atoms with Crippen LogP contribution in [0.5, 0.6) is 0 Å². The topological polar surface area (TPSA) is 72.6 Å². The highest BCUT2D eigenvalue weighted by Gasteiger charge is 2.28. The van der Waals surface area contributed by atoms with Crippen molar-refractivity contribution in [3.8, 4) is 0 Å². The van der Waals surface area contributed by atoms with Crippen molar-refractivity contribution in [1.29, 1.82) is 0 Å². The molecule has 102 valence electrons. The van der Waals surface area contributed by atoms with Gasteiger partial charge in [-0.1, -0.05) is 0 Å². The Bertz CT molecular complexity index is 631. The van der Waals surface area contributed by atoms with Crippen molar-refractivity contribution in [3.05, 3.63) is 29.2 Å². The summed E-state index contributed by atoms with van der Waals surface area (Å²) >= 11 is 0. The van der Waals surface area contributed by atoms with Gasteiger partial charge in [-0.3, -0.25) is 4.90 Å². The summed E-state index contributed by atoms with van der Waals surface area (Å²) in [4.78, 5) is 2.56. The van der Waals surface area contributed by atoms with E-state index in [4.69, 9.17) is 10.5 Å². The van der Waals surface area contributed by atoms with Gasteiger partial charge in [-0.05, 0) is 23.8 Å². The summed E-state index contributed by atoms with van der Waals surface area (Å²) in [6.45, 7) is 3.68. The second-order valence-electron chi connectivity index (χ2n) is 4.83. The van der Waals surface area contributed by atoms with E-state index in [0.29, 0.717) is 30.3 Å². The van der Waals surface area contributed by atoms with Gasteiger partial charge in [0.25, 0.3) is 0 Å². The molecule has 0 unspecified atom stereocenters. The second kappa shape index (κ2) is 4.63. The molecular formula is C13H16N2O3S. The average molecular weight is 280 g/mol. The third-order valence-corrected chi connectivity index (χ3v) is 5.02. The first-order chi connectivity index (χ1) is 9.06. The fourth-order valence-electron chi connectivity index (χ4n) is 2.48. The fourth-order valence-corrected chi connectivity index (χ4v) is 3.94. The molecule has 1 fully saturated rings. The Labute approximate surface area is 112 Å². The van der Waals surface area contributed by atoms with Crippen molar-refractivity contribution < 1.29 is 13.2 Å². The predicted octanol–water partition coefficient (Wildman–Crippen LogP) is 0.729. The Morgan fingerprint density at radius 3 is 2.74 bits per heavy atom. The first-order valence-electron chi connectivity index (χ1n) is 6.22. The highest BCUT2D eigenvalue weighted by Crippen LogP contribution is 2.35. The Balaban J connectivity index is 1.93. The molecule has 0 bridgehead atoms. The summed E-state index contributed by atoms with van der Waals surface area (Å²) < 4.78 is 29.4. The van der Waals surface area contributed by atoms with Gasteiger partial charge in [0.15, 0.2) is 0 Å². The van der Waals surface area contributed by atoms with Crippen LogP contribution in [0.4, 0.5) is 5.69 Å². The Morgan fingerprint density at radius 2 is 2.00 bits per heavy atom. The zero-order chi connectivity index (χ0) is 13.5. The first kappa shape index (κ1) is 12.7. The van der Waals surface area contributed by atoms with Crippen molar-refractivity contribution >= 4 is 21.1 Å². The Hall–Kier alpha value is -1.37. The molecule has 2 heterocycles. The number of nitrogens with zero attached hydrogens (tertiary/aromatic N) is 1. The van der Waals surface area contributed by atoms with E-state index in [1.165, 1.54) is 5.41 Å². The van der Waals surface area contributed by atoms with Crippen molar-refractivity contribution in [1.82, 2.24) is 4.90 Å². The van der Waals surface area contributed by atoms with Gasteiger partial charge in [-0.25, -0.2) is 8.42 Å². The maximum atomic E-state index is 12.1. The van der Waals surface area contributed by atoms with Crippen LogP contribution < -0.4 is 5.73 Å². The molecule has 0 radical (unpaired) electrons. The second-order valence-corrected chi connectivity index (χ2v) is 6.60. The van der Waals surface area contributed by atoms with E-state index in [1.54, 1.807) is 18.2 Å². The number of ether oxygens (including phenoxy) is 1. The summed E-state index contributed by atoms with van der Waals surface area (Å²) in [5.41, 5.74) is 7.91. The molecule has 0 amide bonds. The van der Waals surface area contributed by atoms with E-state index in [2.05, 4.69) is 4.90 Å². The van der Waals surface area contributed by atoms with Gasteiger partial charge in [-0.2, -0.15) is 0 Å². The van der Waals surface area contributed by atoms with Crippen LogP contribution in [0.1, 0.15) is 5.56 Å². The van der Waals surface area contributed by atoms with E-state index in [-0.39, 0.29) is 0 Å². The molecule has 1 aromatic rings. The molecule has 0 saturated carbocycles. The lowest BCUT2D eigenvalue weighted by Gasteiger charge is -2.27. The molecule has 3 rings (SSSR count). The smallest absolute Gasteiger partial charge is 0.200 e. The van der Waals surface area contributed by atoms with Crippen LogP contribution in [0.2, 0.25) is 0 Å². The van der Waals surface area contributed by atoms with E-state index in [0.717, 1.165) is 24.2 Å². The Kier molecular flexibility index (Phi) is 3.08. The van der Waals surface area contributed by atoms with Gasteiger partial charge in [-0.15, -0.1) is 0 Å². The number of hydrogen-bond acceptors (Lipinski definition) is 5. The van der Waals surface area contributed by atoms with Crippen molar-refractivity contribution in [2.45, 2.75) is 4.90 Å². The molecule has 0 aromatic heterocycles. The number of sulfone groups is 1. The molecule has 0 spiro atoms. The number of nitrogens with two attached hydrogens (primary N) is 1. The summed E-state index contributed by atoms with van der Waals surface area (Å²) in [5.74, 6) is 0. The fraction of sp³-hybridized carbons (Fsp3) is 0.385. The summed E-state index contributed by atoms with van der Waals surface area (Å²) in [6, 6.07) is 4.96. The molecule has 1 aromatic carbocycles. The number of rotatable bonds is 2. The number of fused-ring (bicyclic) bond motifs is 1. The van der Waals surface area contributed by atoms with Crippen molar-refractivity contribution in [2.24, 2.45) is 0 Å². The van der Waals surface area contributed by atoms with Crippen LogP contribution in [-0.4, -0.2) is 46.2 Å². The number of nitrogen functional groups attached to an aromatic ring is 1. The zero-order valence-electron chi connectivity index (χ0n) is 10.5. The highest BCUT2D eigenvalue weighted by atomic mass is 32.2. The minimum Gasteiger partial charge on any atom is -0.399 e. The lowest BCUT2D eigenvalue weighted by Crippen LogP contribution is -2.37. The molecule has 0 aliphatic carbocycles. The molecule has 6 heteroatoms. The van der Waals surface area contributed by atoms with Crippen LogP contribution in [0.15, 0.2) is 28.5 Å². The average Bonchev–Trinajstić information content (AvgIpc) is 2.62. The summed E-state index contributed by atoms with van der Waals surface area (Å²) in [5, 5.41) is 1.37. The lowest BCUT2D eigenvalue weighted by atomic mass is 10.1. The van der Waals surface area contributed by atoms with Gasteiger partial charge < -0.3 is 10.5 Å². The first-order valence-corrected chi connectivity index (χ1v) is 7.76. The van der Waals surface area contributed by atoms with Gasteiger partial charge in [0.1, 0.15) is 0 Å². The quantitative estimate of drug-likeness (QED) is 0.809. The van der Waals surface area contributed by atoms with Gasteiger partial charge >= 0.3 is 0 Å². The van der Waals surface area contributed by atoms with Crippen LogP contribution in [0.3, 0.4) is 0 Å². The predicted molar refractivity (Wildman–Crippen MR) is 73.3 cm³/mol. The van der Waals surface area contributed by atoms with Crippen LogP contribution in [0, 0.1) is 0 Å². The lowest BCUT2D eigenvalue weighted by molar-refractivity contribution is 0.0444. The molecule has 2 N–H and O–H groups in total. The number of morpholine rings is 1. The van der Waals surface area contributed by atoms with E-state index >= 15 is 0 Å². The largest absolute Gasteiger partial charge is 0.399 e. The van der Waals surface area contributed by atoms with Gasteiger partial charge in [0, 0.05) is 36.3 Å². The highest BCUT2D eigenvalue weighted by molar-refractivity contribution is 7.95. The van der Waals surface area contributed by atoms with Crippen LogP contribution >= 0.6 is 0 Å². The van der Waals surface area contributed by atoms with E-state index in [1.807, 2.05) is 0 Å². The van der Waals surface area contributed by atoms with Crippen molar-refractivity contribution in [2.75, 3.05) is 38.6 Å². The summed E-state index contributed by atoms with van der Waals surface area (Å²) in [6.07, 6.45) is 0. The van der Waals surface area contributed by atoms with Crippen LogP contribution in [-0.2, 0) is 14.6 Å². The maximum Gasteiger partial charge on any atom is 0.200 e. The molecule has 19 heavy (non-hydrogen) atoms. The number of hydrogen-bond donors (Lipinski definition) is 1. The summed E-state index contributed by atoms with van der Waals surface area (Å²) in [7, 11) is -3.30. The van der Waals surface area contributed by atoms with E-state index in [9.17, 15) is 8.42 Å². The molecule has 2 aliphatic heterocycles. The molecule has 1 saturated heterocycles. The van der Waals surface area contributed by atoms with Gasteiger partial charge in [0.2, 0.25) is 9.84 Å².